The third kappa shape index (κ3) is 7.57. The topological polar surface area (TPSA) is 3.24 Å². The van der Waals surface area contributed by atoms with E-state index < -0.39 is 0 Å². The van der Waals surface area contributed by atoms with Gasteiger partial charge in [0.25, 0.3) is 0 Å². The van der Waals surface area contributed by atoms with Gasteiger partial charge in [-0.15, -0.1) is 0 Å². The Labute approximate surface area is 127 Å². The van der Waals surface area contributed by atoms with E-state index in [0.717, 1.165) is 19.4 Å². The van der Waals surface area contributed by atoms with Crippen LogP contribution in [0.2, 0.25) is 0 Å². The molecule has 0 unspecified atom stereocenters. The lowest BCUT2D eigenvalue weighted by molar-refractivity contribution is 0.188. The molecule has 0 atom stereocenters. The molecule has 0 saturated heterocycles. The van der Waals surface area contributed by atoms with Crippen LogP contribution in [0.5, 0.6) is 0 Å². The molecular formula is C19H35N. The normalized spacial score (nSPS) is 12.6. The first-order valence-corrected chi connectivity index (χ1v) is 7.81. The molecule has 0 amide bonds. The summed E-state index contributed by atoms with van der Waals surface area (Å²) in [6.07, 6.45) is 6.96. The molecule has 0 aromatic rings. The fourth-order valence-corrected chi connectivity index (χ4v) is 2.07. The van der Waals surface area contributed by atoms with Crippen molar-refractivity contribution in [3.63, 3.8) is 0 Å². The van der Waals surface area contributed by atoms with Gasteiger partial charge < -0.3 is 4.90 Å². The average Bonchev–Trinajstić information content (AvgIpc) is 2.26. The Bertz CT molecular complexity index is 360. The van der Waals surface area contributed by atoms with Crippen LogP contribution in [0.15, 0.2) is 35.6 Å². The van der Waals surface area contributed by atoms with Gasteiger partial charge in [-0.3, -0.25) is 0 Å². The van der Waals surface area contributed by atoms with Crippen molar-refractivity contribution in [1.82, 2.24) is 4.90 Å². The lowest BCUT2D eigenvalue weighted by Gasteiger charge is -2.40. The third-order valence-corrected chi connectivity index (χ3v) is 3.54. The summed E-state index contributed by atoms with van der Waals surface area (Å²) in [6.45, 7) is 23.0. The molecule has 0 rings (SSSR count). The van der Waals surface area contributed by atoms with E-state index in [1.54, 1.807) is 0 Å². The number of hydrogen-bond acceptors (Lipinski definition) is 1. The molecule has 0 aromatic heterocycles. The number of allylic oxidation sites excluding steroid dienone is 4. The van der Waals surface area contributed by atoms with Crippen molar-refractivity contribution in [2.75, 3.05) is 6.54 Å². The van der Waals surface area contributed by atoms with Gasteiger partial charge in [0.05, 0.1) is 0 Å². The zero-order chi connectivity index (χ0) is 15.9. The van der Waals surface area contributed by atoms with Gasteiger partial charge in [0.15, 0.2) is 0 Å². The van der Waals surface area contributed by atoms with Crippen molar-refractivity contribution in [1.29, 1.82) is 0 Å². The molecule has 1 heteroatoms. The van der Waals surface area contributed by atoms with Crippen LogP contribution in [0, 0.1) is 5.92 Å². The van der Waals surface area contributed by atoms with E-state index in [0.29, 0.717) is 5.92 Å². The van der Waals surface area contributed by atoms with Gasteiger partial charge in [0.2, 0.25) is 0 Å². The molecular weight excluding hydrogens is 242 g/mol. The molecule has 0 N–H and O–H groups in total. The Morgan fingerprint density at radius 1 is 1.10 bits per heavy atom. The monoisotopic (exact) mass is 277 g/mol. The molecule has 116 valence electrons. The fourth-order valence-electron chi connectivity index (χ4n) is 2.07. The number of hydrogen-bond donors (Lipinski definition) is 0. The van der Waals surface area contributed by atoms with E-state index in [2.05, 4.69) is 79.0 Å². The van der Waals surface area contributed by atoms with E-state index in [-0.39, 0.29) is 5.54 Å². The van der Waals surface area contributed by atoms with Crippen LogP contribution in [0.4, 0.5) is 0 Å². The highest BCUT2D eigenvalue weighted by Gasteiger charge is 2.22. The molecule has 0 fully saturated rings. The Morgan fingerprint density at radius 2 is 1.65 bits per heavy atom. The van der Waals surface area contributed by atoms with E-state index >= 15 is 0 Å². The third-order valence-electron chi connectivity index (χ3n) is 3.54. The van der Waals surface area contributed by atoms with E-state index in [9.17, 15) is 0 Å². The summed E-state index contributed by atoms with van der Waals surface area (Å²) < 4.78 is 0. The van der Waals surface area contributed by atoms with Gasteiger partial charge >= 0.3 is 0 Å². The Kier molecular flexibility index (Phi) is 7.93. The number of nitrogens with zero attached hydrogens (tertiary/aromatic N) is 1. The van der Waals surface area contributed by atoms with Crippen LogP contribution in [0.3, 0.4) is 0 Å². The lowest BCUT2D eigenvalue weighted by Crippen LogP contribution is -2.41. The minimum absolute atomic E-state index is 0.123. The van der Waals surface area contributed by atoms with Gasteiger partial charge in [-0.05, 0) is 60.3 Å². The Morgan fingerprint density at radius 3 is 2.05 bits per heavy atom. The lowest BCUT2D eigenvalue weighted by atomic mass is 10.0. The smallest absolute Gasteiger partial charge is 0.0364 e. The predicted molar refractivity (Wildman–Crippen MR) is 92.9 cm³/mol. The molecule has 1 nitrogen and oxygen atoms in total. The van der Waals surface area contributed by atoms with E-state index in [1.807, 2.05) is 0 Å². The van der Waals surface area contributed by atoms with Crippen molar-refractivity contribution in [2.45, 2.75) is 73.8 Å². The summed E-state index contributed by atoms with van der Waals surface area (Å²) in [4.78, 5) is 2.42. The van der Waals surface area contributed by atoms with Gasteiger partial charge in [0, 0.05) is 17.8 Å². The highest BCUT2D eigenvalue weighted by atomic mass is 15.2. The predicted octanol–water partition coefficient (Wildman–Crippen LogP) is 5.95. The summed E-state index contributed by atoms with van der Waals surface area (Å²) >= 11 is 0. The van der Waals surface area contributed by atoms with Crippen LogP contribution < -0.4 is 0 Å². The van der Waals surface area contributed by atoms with Gasteiger partial charge in [-0.25, -0.2) is 0 Å². The molecule has 0 radical (unpaired) electrons. The highest BCUT2D eigenvalue weighted by molar-refractivity contribution is 5.08. The minimum Gasteiger partial charge on any atom is -0.367 e. The second-order valence-corrected chi connectivity index (χ2v) is 7.30. The first-order chi connectivity index (χ1) is 9.05. The minimum atomic E-state index is 0.123. The maximum atomic E-state index is 4.27. The first-order valence-electron chi connectivity index (χ1n) is 7.81. The zero-order valence-corrected chi connectivity index (χ0v) is 15.0. The van der Waals surface area contributed by atoms with Crippen molar-refractivity contribution in [3.8, 4) is 0 Å². The summed E-state index contributed by atoms with van der Waals surface area (Å²) in [5.41, 5.74) is 4.22. The highest BCUT2D eigenvalue weighted by Crippen LogP contribution is 2.23. The van der Waals surface area contributed by atoms with Crippen molar-refractivity contribution >= 4 is 0 Å². The van der Waals surface area contributed by atoms with Crippen LogP contribution in [0.25, 0.3) is 0 Å². The standard InChI is InChI=1S/C19H35N/c1-15(2)11-10-12-17(5)13-14-20(19(7,8)9)18(6)16(3)4/h11,13,16H,6,10,12,14H2,1-5,7-9H3/b17-13-. The molecule has 0 aromatic carbocycles. The van der Waals surface area contributed by atoms with Gasteiger partial charge in [-0.1, -0.05) is 43.7 Å². The molecule has 0 saturated carbocycles. The second kappa shape index (κ2) is 8.34. The molecule has 0 aliphatic heterocycles. The van der Waals surface area contributed by atoms with Crippen LogP contribution in [-0.4, -0.2) is 17.0 Å². The maximum Gasteiger partial charge on any atom is 0.0364 e. The van der Waals surface area contributed by atoms with Gasteiger partial charge in [0.1, 0.15) is 0 Å². The Hall–Kier alpha value is -0.980. The SMILES string of the molecule is C=C(C(C)C)N(C/C=C(/C)CCC=C(C)C)C(C)(C)C. The Balaban J connectivity index is 4.68. The van der Waals surface area contributed by atoms with Crippen molar-refractivity contribution in [3.05, 3.63) is 35.6 Å². The fraction of sp³-hybridized carbons (Fsp3) is 0.684. The second-order valence-electron chi connectivity index (χ2n) is 7.30. The summed E-state index contributed by atoms with van der Waals surface area (Å²) in [6, 6.07) is 0. The molecule has 20 heavy (non-hydrogen) atoms. The molecule has 0 aliphatic rings. The van der Waals surface area contributed by atoms with Crippen LogP contribution in [-0.2, 0) is 0 Å². The van der Waals surface area contributed by atoms with E-state index in [1.165, 1.54) is 16.8 Å². The van der Waals surface area contributed by atoms with Crippen LogP contribution in [0.1, 0.15) is 68.2 Å². The summed E-state index contributed by atoms with van der Waals surface area (Å²) in [5, 5.41) is 0. The molecule has 0 spiro atoms. The van der Waals surface area contributed by atoms with E-state index in [4.69, 9.17) is 0 Å². The summed E-state index contributed by atoms with van der Waals surface area (Å²) in [5.74, 6) is 0.494. The molecule has 0 heterocycles. The van der Waals surface area contributed by atoms with Gasteiger partial charge in [-0.2, -0.15) is 0 Å². The summed E-state index contributed by atoms with van der Waals surface area (Å²) in [7, 11) is 0. The average molecular weight is 277 g/mol. The van der Waals surface area contributed by atoms with Crippen molar-refractivity contribution < 1.29 is 0 Å². The van der Waals surface area contributed by atoms with Crippen LogP contribution >= 0.6 is 0 Å². The molecule has 0 aliphatic carbocycles. The maximum absolute atomic E-state index is 4.27. The number of rotatable bonds is 7. The largest absolute Gasteiger partial charge is 0.367 e. The first kappa shape index (κ1) is 19.0. The quantitative estimate of drug-likeness (QED) is 0.520. The zero-order valence-electron chi connectivity index (χ0n) is 15.0. The van der Waals surface area contributed by atoms with Crippen molar-refractivity contribution in [2.24, 2.45) is 5.92 Å². The molecule has 0 bridgehead atoms.